The maximum absolute atomic E-state index is 11.4. The van der Waals surface area contributed by atoms with Gasteiger partial charge in [0, 0.05) is 6.26 Å². The highest BCUT2D eigenvalue weighted by Crippen LogP contribution is 2.20. The Morgan fingerprint density at radius 2 is 2.00 bits per heavy atom. The lowest BCUT2D eigenvalue weighted by Crippen LogP contribution is -2.06. The van der Waals surface area contributed by atoms with Gasteiger partial charge in [-0.05, 0) is 24.6 Å². The van der Waals surface area contributed by atoms with Crippen LogP contribution in [0.25, 0.3) is 0 Å². The summed E-state index contributed by atoms with van der Waals surface area (Å²) in [6, 6.07) is 4.02. The third-order valence-corrected chi connectivity index (χ3v) is 3.21. The topological polar surface area (TPSA) is 95.2 Å². The van der Waals surface area contributed by atoms with Gasteiger partial charge >= 0.3 is 5.97 Å². The first-order valence-electron chi connectivity index (χ1n) is 4.25. The average Bonchev–Trinajstić information content (AvgIpc) is 2.14. The summed E-state index contributed by atoms with van der Waals surface area (Å²) in [4.78, 5) is 10.6. The highest BCUT2D eigenvalue weighted by molar-refractivity contribution is 7.90. The minimum atomic E-state index is -3.60. The van der Waals surface area contributed by atoms with Crippen molar-refractivity contribution >= 4 is 15.8 Å². The first-order chi connectivity index (χ1) is 7.27. The van der Waals surface area contributed by atoms with E-state index < -0.39 is 15.8 Å². The lowest BCUT2D eigenvalue weighted by molar-refractivity contribution is 0.0696. The van der Waals surface area contributed by atoms with Crippen LogP contribution in [0.3, 0.4) is 0 Å². The minimum Gasteiger partial charge on any atom is -0.478 e. The molecule has 0 heterocycles. The van der Waals surface area contributed by atoms with Gasteiger partial charge in [-0.3, -0.25) is 0 Å². The van der Waals surface area contributed by atoms with E-state index in [1.165, 1.54) is 13.0 Å². The van der Waals surface area contributed by atoms with E-state index in [0.29, 0.717) is 5.56 Å². The van der Waals surface area contributed by atoms with Crippen molar-refractivity contribution in [1.82, 2.24) is 0 Å². The molecule has 5 nitrogen and oxygen atoms in total. The molecule has 1 rings (SSSR count). The van der Waals surface area contributed by atoms with Crippen molar-refractivity contribution in [3.05, 3.63) is 28.8 Å². The summed E-state index contributed by atoms with van der Waals surface area (Å²) in [5.74, 6) is -1.22. The molecule has 0 bridgehead atoms. The molecule has 1 aromatic carbocycles. The first-order valence-corrected chi connectivity index (χ1v) is 6.14. The normalized spacial score (nSPS) is 10.8. The summed E-state index contributed by atoms with van der Waals surface area (Å²) in [5.41, 5.74) is 0.209. The van der Waals surface area contributed by atoms with Crippen molar-refractivity contribution in [3.63, 3.8) is 0 Å². The zero-order valence-corrected chi connectivity index (χ0v) is 9.50. The van der Waals surface area contributed by atoms with Gasteiger partial charge in [0.25, 0.3) is 0 Å². The second kappa shape index (κ2) is 3.94. The Hall–Kier alpha value is -1.87. The highest BCUT2D eigenvalue weighted by atomic mass is 32.2. The number of sulfone groups is 1. The second-order valence-corrected chi connectivity index (χ2v) is 5.34. The van der Waals surface area contributed by atoms with E-state index in [2.05, 4.69) is 0 Å². The second-order valence-electron chi connectivity index (χ2n) is 3.35. The van der Waals surface area contributed by atoms with Gasteiger partial charge < -0.3 is 5.11 Å². The number of carboxylic acids is 1. The zero-order valence-electron chi connectivity index (χ0n) is 8.68. The monoisotopic (exact) mass is 239 g/mol. The van der Waals surface area contributed by atoms with E-state index in [9.17, 15) is 13.2 Å². The van der Waals surface area contributed by atoms with Crippen molar-refractivity contribution in [2.24, 2.45) is 0 Å². The number of aromatic carboxylic acids is 1. The molecule has 1 aromatic rings. The smallest absolute Gasteiger partial charge is 0.335 e. The molecule has 0 amide bonds. The predicted molar refractivity (Wildman–Crippen MR) is 56.0 cm³/mol. The first kappa shape index (κ1) is 12.2. The van der Waals surface area contributed by atoms with Crippen molar-refractivity contribution < 1.29 is 18.3 Å². The molecule has 0 aromatic heterocycles. The molecule has 0 saturated carbocycles. The standard InChI is InChI=1S/C10H9NO4S/c1-6-3-7(5-11)9(16(2,14)15)4-8(6)10(12)13/h3-4H,1-2H3,(H,12,13). The Bertz CT molecular complexity index is 596. The maximum atomic E-state index is 11.4. The fourth-order valence-electron chi connectivity index (χ4n) is 1.31. The van der Waals surface area contributed by atoms with Crippen LogP contribution in [0.15, 0.2) is 17.0 Å². The van der Waals surface area contributed by atoms with Gasteiger partial charge in [0.1, 0.15) is 6.07 Å². The summed E-state index contributed by atoms with van der Waals surface area (Å²) in [6.45, 7) is 1.51. The van der Waals surface area contributed by atoms with Gasteiger partial charge in [0.05, 0.1) is 16.0 Å². The van der Waals surface area contributed by atoms with E-state index in [-0.39, 0.29) is 16.0 Å². The molecule has 84 valence electrons. The average molecular weight is 239 g/mol. The van der Waals surface area contributed by atoms with Crippen molar-refractivity contribution in [3.8, 4) is 6.07 Å². The molecule has 0 atom stereocenters. The minimum absolute atomic E-state index is 0.0370. The summed E-state index contributed by atoms with van der Waals surface area (Å²) in [6.07, 6.45) is 0.935. The summed E-state index contributed by atoms with van der Waals surface area (Å²) in [7, 11) is -3.60. The molecule has 16 heavy (non-hydrogen) atoms. The summed E-state index contributed by atoms with van der Waals surface area (Å²) >= 11 is 0. The maximum Gasteiger partial charge on any atom is 0.335 e. The number of nitriles is 1. The number of aryl methyl sites for hydroxylation is 1. The molecule has 0 fully saturated rings. The molecule has 0 saturated heterocycles. The Balaban J connectivity index is 3.68. The molecule has 6 heteroatoms. The van der Waals surface area contributed by atoms with E-state index in [1.807, 2.05) is 0 Å². The third kappa shape index (κ3) is 2.20. The van der Waals surface area contributed by atoms with Crippen LogP contribution in [0.1, 0.15) is 21.5 Å². The van der Waals surface area contributed by atoms with Gasteiger partial charge in [-0.1, -0.05) is 0 Å². The lowest BCUT2D eigenvalue weighted by atomic mass is 10.1. The molecule has 1 N–H and O–H groups in total. The SMILES string of the molecule is Cc1cc(C#N)c(S(C)(=O)=O)cc1C(=O)O. The fourth-order valence-corrected chi connectivity index (χ4v) is 2.15. The lowest BCUT2D eigenvalue weighted by Gasteiger charge is -2.06. The van der Waals surface area contributed by atoms with Crippen LogP contribution in [0.2, 0.25) is 0 Å². The molecule has 0 spiro atoms. The van der Waals surface area contributed by atoms with Crippen molar-refractivity contribution in [1.29, 1.82) is 5.26 Å². The van der Waals surface area contributed by atoms with Crippen LogP contribution < -0.4 is 0 Å². The molecule has 0 radical (unpaired) electrons. The number of carbonyl (C=O) groups is 1. The fraction of sp³-hybridized carbons (Fsp3) is 0.200. The number of rotatable bonds is 2. The van der Waals surface area contributed by atoms with Crippen LogP contribution >= 0.6 is 0 Å². The Kier molecular flexibility index (Phi) is 3.01. The molecule has 0 aliphatic rings. The number of benzene rings is 1. The molecular weight excluding hydrogens is 230 g/mol. The van der Waals surface area contributed by atoms with E-state index >= 15 is 0 Å². The highest BCUT2D eigenvalue weighted by Gasteiger charge is 2.18. The van der Waals surface area contributed by atoms with Crippen LogP contribution in [-0.2, 0) is 9.84 Å². The van der Waals surface area contributed by atoms with Crippen LogP contribution in [0.4, 0.5) is 0 Å². The van der Waals surface area contributed by atoms with Crippen LogP contribution in [0.5, 0.6) is 0 Å². The number of nitrogens with zero attached hydrogens (tertiary/aromatic N) is 1. The number of hydrogen-bond acceptors (Lipinski definition) is 4. The van der Waals surface area contributed by atoms with E-state index in [0.717, 1.165) is 12.3 Å². The van der Waals surface area contributed by atoms with Crippen LogP contribution in [-0.4, -0.2) is 25.7 Å². The summed E-state index contributed by atoms with van der Waals surface area (Å²) < 4.78 is 22.7. The molecule has 0 unspecified atom stereocenters. The van der Waals surface area contributed by atoms with Crippen molar-refractivity contribution in [2.75, 3.05) is 6.26 Å². The van der Waals surface area contributed by atoms with Gasteiger partial charge in [-0.15, -0.1) is 0 Å². The van der Waals surface area contributed by atoms with Gasteiger partial charge in [0.15, 0.2) is 9.84 Å². The molecule has 0 aliphatic carbocycles. The predicted octanol–water partition coefficient (Wildman–Crippen LogP) is 0.968. The number of hydrogen-bond donors (Lipinski definition) is 1. The van der Waals surface area contributed by atoms with Gasteiger partial charge in [0.2, 0.25) is 0 Å². The zero-order chi connectivity index (χ0) is 12.5. The van der Waals surface area contributed by atoms with E-state index in [4.69, 9.17) is 10.4 Å². The van der Waals surface area contributed by atoms with Gasteiger partial charge in [-0.25, -0.2) is 13.2 Å². The molecular formula is C10H9NO4S. The third-order valence-electron chi connectivity index (χ3n) is 2.08. The van der Waals surface area contributed by atoms with Gasteiger partial charge in [-0.2, -0.15) is 5.26 Å². The van der Waals surface area contributed by atoms with Crippen molar-refractivity contribution in [2.45, 2.75) is 11.8 Å². The quantitative estimate of drug-likeness (QED) is 0.829. The molecule has 0 aliphatic heterocycles. The Morgan fingerprint density at radius 1 is 1.44 bits per heavy atom. The largest absolute Gasteiger partial charge is 0.478 e. The summed E-state index contributed by atoms with van der Waals surface area (Å²) in [5, 5.41) is 17.6. The van der Waals surface area contributed by atoms with Crippen LogP contribution in [0, 0.1) is 18.3 Å². The Labute approximate surface area is 92.9 Å². The van der Waals surface area contributed by atoms with E-state index in [1.54, 1.807) is 6.07 Å². The Morgan fingerprint density at radius 3 is 2.38 bits per heavy atom. The number of carboxylic acid groups (broad SMARTS) is 1.